The second kappa shape index (κ2) is 5.24. The molecule has 0 saturated heterocycles. The van der Waals surface area contributed by atoms with Crippen LogP contribution in [0.2, 0.25) is 0 Å². The standard InChI is InChI=1S/C14H20N2OS/c1-10-5-3-6-11(13(15)18)12(10)16-9-14(17-2)7-4-8-14/h3,5-6,16H,4,7-9H2,1-2H3,(H2,15,18). The first-order valence-electron chi connectivity index (χ1n) is 6.26. The van der Waals surface area contributed by atoms with Crippen LogP contribution in [0.15, 0.2) is 18.2 Å². The molecule has 98 valence electrons. The summed E-state index contributed by atoms with van der Waals surface area (Å²) in [7, 11) is 1.78. The highest BCUT2D eigenvalue weighted by Crippen LogP contribution is 2.35. The average Bonchev–Trinajstić information content (AvgIpc) is 2.29. The van der Waals surface area contributed by atoms with E-state index in [9.17, 15) is 0 Å². The first kappa shape index (κ1) is 13.3. The predicted octanol–water partition coefficient (Wildman–Crippen LogP) is 2.61. The van der Waals surface area contributed by atoms with Crippen LogP contribution in [0.1, 0.15) is 30.4 Å². The summed E-state index contributed by atoms with van der Waals surface area (Å²) < 4.78 is 5.61. The normalized spacial score (nSPS) is 17.0. The van der Waals surface area contributed by atoms with Crippen molar-refractivity contribution in [1.82, 2.24) is 0 Å². The number of thiocarbonyl (C=S) groups is 1. The van der Waals surface area contributed by atoms with Crippen molar-refractivity contribution in [3.8, 4) is 0 Å². The van der Waals surface area contributed by atoms with Crippen LogP contribution in [0, 0.1) is 6.92 Å². The summed E-state index contributed by atoms with van der Waals surface area (Å²) in [6, 6.07) is 5.99. The van der Waals surface area contributed by atoms with Crippen molar-refractivity contribution in [3.63, 3.8) is 0 Å². The molecule has 1 aliphatic rings. The van der Waals surface area contributed by atoms with E-state index in [2.05, 4.69) is 18.3 Å². The summed E-state index contributed by atoms with van der Waals surface area (Å²) in [6.07, 6.45) is 3.47. The van der Waals surface area contributed by atoms with Gasteiger partial charge >= 0.3 is 0 Å². The molecule has 0 unspecified atom stereocenters. The summed E-state index contributed by atoms with van der Waals surface area (Å²) in [4.78, 5) is 0.432. The largest absolute Gasteiger partial charge is 0.389 e. The fraction of sp³-hybridized carbons (Fsp3) is 0.500. The lowest BCUT2D eigenvalue weighted by Gasteiger charge is -2.41. The number of hydrogen-bond donors (Lipinski definition) is 2. The average molecular weight is 264 g/mol. The molecule has 3 nitrogen and oxygen atoms in total. The maximum atomic E-state index is 5.76. The maximum absolute atomic E-state index is 5.76. The number of rotatable bonds is 5. The van der Waals surface area contributed by atoms with Gasteiger partial charge in [-0.15, -0.1) is 0 Å². The molecular weight excluding hydrogens is 244 g/mol. The van der Waals surface area contributed by atoms with E-state index >= 15 is 0 Å². The lowest BCUT2D eigenvalue weighted by atomic mass is 9.80. The van der Waals surface area contributed by atoms with E-state index in [0.717, 1.165) is 36.2 Å². The Balaban J connectivity index is 2.15. The maximum Gasteiger partial charge on any atom is 0.106 e. The van der Waals surface area contributed by atoms with E-state index in [1.165, 1.54) is 6.42 Å². The second-order valence-corrected chi connectivity index (χ2v) is 5.40. The van der Waals surface area contributed by atoms with Crippen LogP contribution in [0.25, 0.3) is 0 Å². The van der Waals surface area contributed by atoms with Gasteiger partial charge in [-0.1, -0.05) is 24.4 Å². The Kier molecular flexibility index (Phi) is 3.88. The van der Waals surface area contributed by atoms with Crippen LogP contribution >= 0.6 is 12.2 Å². The van der Waals surface area contributed by atoms with Gasteiger partial charge in [-0.25, -0.2) is 0 Å². The van der Waals surface area contributed by atoms with Crippen molar-refractivity contribution in [2.24, 2.45) is 5.73 Å². The van der Waals surface area contributed by atoms with Gasteiger partial charge in [-0.05, 0) is 37.8 Å². The summed E-state index contributed by atoms with van der Waals surface area (Å²) in [5, 5.41) is 3.46. The molecule has 1 aromatic carbocycles. The van der Waals surface area contributed by atoms with Gasteiger partial charge in [0, 0.05) is 24.9 Å². The molecule has 3 N–H and O–H groups in total. The number of nitrogens with one attached hydrogen (secondary N) is 1. The number of ether oxygens (including phenoxy) is 1. The molecule has 18 heavy (non-hydrogen) atoms. The third kappa shape index (κ3) is 2.49. The van der Waals surface area contributed by atoms with Crippen molar-refractivity contribution in [3.05, 3.63) is 29.3 Å². The molecule has 0 radical (unpaired) electrons. The minimum absolute atomic E-state index is 0.00420. The van der Waals surface area contributed by atoms with Crippen LogP contribution in [-0.2, 0) is 4.74 Å². The molecule has 1 fully saturated rings. The Bertz CT molecular complexity index is 450. The minimum atomic E-state index is -0.00420. The molecule has 2 rings (SSSR count). The Hall–Kier alpha value is -1.13. The summed E-state index contributed by atoms with van der Waals surface area (Å²) in [6.45, 7) is 2.87. The van der Waals surface area contributed by atoms with E-state index in [4.69, 9.17) is 22.7 Å². The molecular formula is C14H20N2OS. The fourth-order valence-electron chi connectivity index (χ4n) is 2.38. The monoisotopic (exact) mass is 264 g/mol. The lowest BCUT2D eigenvalue weighted by molar-refractivity contribution is -0.0601. The Morgan fingerprint density at radius 2 is 2.22 bits per heavy atom. The second-order valence-electron chi connectivity index (χ2n) is 4.96. The molecule has 0 spiro atoms. The van der Waals surface area contributed by atoms with Gasteiger partial charge in [0.25, 0.3) is 0 Å². The van der Waals surface area contributed by atoms with Crippen LogP contribution < -0.4 is 11.1 Å². The quantitative estimate of drug-likeness (QED) is 0.803. The Morgan fingerprint density at radius 3 is 2.72 bits per heavy atom. The van der Waals surface area contributed by atoms with Gasteiger partial charge in [-0.3, -0.25) is 0 Å². The zero-order chi connectivity index (χ0) is 13.2. The van der Waals surface area contributed by atoms with Gasteiger partial charge in [0.2, 0.25) is 0 Å². The number of aryl methyl sites for hydroxylation is 1. The molecule has 0 aromatic heterocycles. The molecule has 0 aliphatic heterocycles. The van der Waals surface area contributed by atoms with Crippen molar-refractivity contribution in [1.29, 1.82) is 0 Å². The zero-order valence-electron chi connectivity index (χ0n) is 11.0. The third-order valence-corrected chi connectivity index (χ3v) is 4.04. The van der Waals surface area contributed by atoms with E-state index in [-0.39, 0.29) is 5.60 Å². The highest BCUT2D eigenvalue weighted by atomic mass is 32.1. The number of anilines is 1. The molecule has 0 bridgehead atoms. The Labute approximate surface area is 114 Å². The number of para-hydroxylation sites is 1. The smallest absolute Gasteiger partial charge is 0.106 e. The summed E-state index contributed by atoms with van der Waals surface area (Å²) in [5.41, 5.74) is 8.86. The molecule has 1 aromatic rings. The first-order chi connectivity index (χ1) is 8.58. The summed E-state index contributed by atoms with van der Waals surface area (Å²) >= 11 is 5.09. The minimum Gasteiger partial charge on any atom is -0.389 e. The van der Waals surface area contributed by atoms with Gasteiger partial charge in [-0.2, -0.15) is 0 Å². The van der Waals surface area contributed by atoms with Crippen LogP contribution in [0.3, 0.4) is 0 Å². The number of hydrogen-bond acceptors (Lipinski definition) is 3. The van der Waals surface area contributed by atoms with E-state index in [0.29, 0.717) is 4.99 Å². The van der Waals surface area contributed by atoms with E-state index < -0.39 is 0 Å². The SMILES string of the molecule is COC1(CNc2c(C)cccc2C(N)=S)CCC1. The summed E-state index contributed by atoms with van der Waals surface area (Å²) in [5.74, 6) is 0. The molecule has 1 saturated carbocycles. The fourth-order valence-corrected chi connectivity index (χ4v) is 2.55. The molecule has 1 aliphatic carbocycles. The molecule has 0 heterocycles. The molecule has 0 amide bonds. The predicted molar refractivity (Wildman–Crippen MR) is 79.1 cm³/mol. The van der Waals surface area contributed by atoms with Crippen molar-refractivity contribution >= 4 is 22.9 Å². The van der Waals surface area contributed by atoms with Gasteiger partial charge in [0.05, 0.1) is 5.60 Å². The van der Waals surface area contributed by atoms with Crippen LogP contribution in [-0.4, -0.2) is 24.2 Å². The molecule has 4 heteroatoms. The number of nitrogens with two attached hydrogens (primary N) is 1. The number of benzene rings is 1. The van der Waals surface area contributed by atoms with Gasteiger partial charge in [0.1, 0.15) is 4.99 Å². The van der Waals surface area contributed by atoms with Crippen molar-refractivity contribution < 1.29 is 4.74 Å². The third-order valence-electron chi connectivity index (χ3n) is 3.82. The van der Waals surface area contributed by atoms with Crippen molar-refractivity contribution in [2.75, 3.05) is 19.0 Å². The van der Waals surface area contributed by atoms with E-state index in [1.54, 1.807) is 7.11 Å². The van der Waals surface area contributed by atoms with Gasteiger partial charge < -0.3 is 15.8 Å². The highest BCUT2D eigenvalue weighted by Gasteiger charge is 2.36. The van der Waals surface area contributed by atoms with Gasteiger partial charge in [0.15, 0.2) is 0 Å². The van der Waals surface area contributed by atoms with Crippen molar-refractivity contribution in [2.45, 2.75) is 31.8 Å². The van der Waals surface area contributed by atoms with Crippen LogP contribution in [0.5, 0.6) is 0 Å². The van der Waals surface area contributed by atoms with Crippen LogP contribution in [0.4, 0.5) is 5.69 Å². The number of methoxy groups -OCH3 is 1. The lowest BCUT2D eigenvalue weighted by Crippen LogP contribution is -2.45. The topological polar surface area (TPSA) is 47.3 Å². The van der Waals surface area contributed by atoms with E-state index in [1.807, 2.05) is 12.1 Å². The highest BCUT2D eigenvalue weighted by molar-refractivity contribution is 7.80. The zero-order valence-corrected chi connectivity index (χ0v) is 11.8. The first-order valence-corrected chi connectivity index (χ1v) is 6.67. The molecule has 0 atom stereocenters. The Morgan fingerprint density at radius 1 is 1.50 bits per heavy atom.